The molecule has 0 radical (unpaired) electrons. The Balaban J connectivity index is 1.43. The van der Waals surface area contributed by atoms with E-state index in [0.29, 0.717) is 41.5 Å². The van der Waals surface area contributed by atoms with E-state index in [1.54, 1.807) is 18.2 Å². The first-order valence-corrected chi connectivity index (χ1v) is 10.7. The molecule has 1 aromatic heterocycles. The highest BCUT2D eigenvalue weighted by atomic mass is 16.5. The number of aromatic nitrogens is 1. The number of rotatable bonds is 1. The maximum atomic E-state index is 13.7. The third kappa shape index (κ3) is 2.73. The predicted octanol–water partition coefficient (Wildman–Crippen LogP) is 4.34. The number of aromatic amines is 1. The van der Waals surface area contributed by atoms with Crippen LogP contribution >= 0.6 is 0 Å². The molecule has 1 unspecified atom stereocenters. The fraction of sp³-hybridized carbons (Fsp3) is 0.231. The van der Waals surface area contributed by atoms with Crippen LogP contribution in [0.15, 0.2) is 71.5 Å². The first kappa shape index (κ1) is 18.3. The average molecular weight is 410 g/mol. The number of carbonyl (C=O) groups excluding carboxylic acids is 1. The quantitative estimate of drug-likeness (QED) is 0.475. The summed E-state index contributed by atoms with van der Waals surface area (Å²) in [5.74, 6) is -0.0661. The largest absolute Gasteiger partial charge is 0.364 e. The first-order valence-electron chi connectivity index (χ1n) is 10.7. The number of amides is 1. The molecule has 31 heavy (non-hydrogen) atoms. The van der Waals surface area contributed by atoms with Crippen LogP contribution in [-0.4, -0.2) is 28.9 Å². The topological polar surface area (TPSA) is 62.4 Å². The van der Waals surface area contributed by atoms with E-state index in [2.05, 4.69) is 17.1 Å². The van der Waals surface area contributed by atoms with Crippen molar-refractivity contribution >= 4 is 27.7 Å². The monoisotopic (exact) mass is 410 g/mol. The van der Waals surface area contributed by atoms with Crippen molar-refractivity contribution in [2.45, 2.75) is 25.0 Å². The lowest BCUT2D eigenvalue weighted by Gasteiger charge is -2.40. The number of nitrogens with zero attached hydrogens (tertiary/aromatic N) is 1. The summed E-state index contributed by atoms with van der Waals surface area (Å²) < 4.78 is 6.28. The molecule has 5 heteroatoms. The molecule has 0 bridgehead atoms. The molecule has 0 saturated carbocycles. The van der Waals surface area contributed by atoms with E-state index < -0.39 is 5.60 Å². The van der Waals surface area contributed by atoms with E-state index in [-0.39, 0.29) is 11.3 Å². The molecule has 1 amide bonds. The van der Waals surface area contributed by atoms with Crippen molar-refractivity contribution in [3.05, 3.63) is 93.6 Å². The number of carbonyl (C=O) groups is 1. The van der Waals surface area contributed by atoms with Gasteiger partial charge in [0.05, 0.1) is 24.2 Å². The van der Waals surface area contributed by atoms with Gasteiger partial charge in [-0.05, 0) is 48.2 Å². The molecule has 154 valence electrons. The molecule has 1 spiro atoms. The Kier molecular flexibility index (Phi) is 4.02. The number of para-hydroxylation sites is 2. The number of nitrogens with one attached hydrogen (secondary N) is 1. The normalized spacial score (nSPS) is 20.5. The number of fused-ring (bicyclic) bond motifs is 4. The second-order valence-electron chi connectivity index (χ2n) is 8.50. The van der Waals surface area contributed by atoms with Crippen LogP contribution in [0.5, 0.6) is 0 Å². The Hall–Kier alpha value is -3.44. The molecule has 0 aliphatic carbocycles. The summed E-state index contributed by atoms with van der Waals surface area (Å²) in [5, 5.41) is 1.17. The SMILES string of the molecule is O=C(c1cccc2c(=O)c3ccccc3[nH]c12)N1CCCC2(C1)OCc1ccccc12. The van der Waals surface area contributed by atoms with Crippen LogP contribution in [0, 0.1) is 0 Å². The van der Waals surface area contributed by atoms with Crippen molar-refractivity contribution in [3.63, 3.8) is 0 Å². The summed E-state index contributed by atoms with van der Waals surface area (Å²) in [6, 6.07) is 21.1. The van der Waals surface area contributed by atoms with E-state index in [0.717, 1.165) is 18.4 Å². The Labute approximate surface area is 179 Å². The van der Waals surface area contributed by atoms with Crippen LogP contribution in [0.4, 0.5) is 0 Å². The highest BCUT2D eigenvalue weighted by Crippen LogP contribution is 2.43. The highest BCUT2D eigenvalue weighted by Gasteiger charge is 2.44. The number of hydrogen-bond donors (Lipinski definition) is 1. The van der Waals surface area contributed by atoms with Crippen LogP contribution in [-0.2, 0) is 16.9 Å². The lowest BCUT2D eigenvalue weighted by molar-refractivity contribution is -0.0785. The van der Waals surface area contributed by atoms with Crippen LogP contribution in [0.1, 0.15) is 34.3 Å². The van der Waals surface area contributed by atoms with Gasteiger partial charge in [-0.25, -0.2) is 0 Å². The Morgan fingerprint density at radius 1 is 0.968 bits per heavy atom. The number of piperidine rings is 1. The summed E-state index contributed by atoms with van der Waals surface area (Å²) >= 11 is 0. The number of H-pyrrole nitrogens is 1. The zero-order valence-corrected chi connectivity index (χ0v) is 17.1. The molecular weight excluding hydrogens is 388 g/mol. The third-order valence-corrected chi connectivity index (χ3v) is 6.73. The molecular formula is C26H22N2O3. The van der Waals surface area contributed by atoms with Crippen LogP contribution < -0.4 is 5.43 Å². The fourth-order valence-corrected chi connectivity index (χ4v) is 5.21. The van der Waals surface area contributed by atoms with Gasteiger partial charge in [-0.2, -0.15) is 0 Å². The summed E-state index contributed by atoms with van der Waals surface area (Å²) in [6.45, 7) is 1.79. The van der Waals surface area contributed by atoms with Crippen molar-refractivity contribution in [2.24, 2.45) is 0 Å². The van der Waals surface area contributed by atoms with Gasteiger partial charge in [0, 0.05) is 22.8 Å². The predicted molar refractivity (Wildman–Crippen MR) is 120 cm³/mol. The summed E-state index contributed by atoms with van der Waals surface area (Å²) in [6.07, 6.45) is 1.79. The fourth-order valence-electron chi connectivity index (χ4n) is 5.21. The van der Waals surface area contributed by atoms with Crippen molar-refractivity contribution in [1.29, 1.82) is 0 Å². The van der Waals surface area contributed by atoms with E-state index in [1.165, 1.54) is 11.1 Å². The average Bonchev–Trinajstić information content (AvgIpc) is 3.16. The smallest absolute Gasteiger partial charge is 0.256 e. The van der Waals surface area contributed by atoms with Crippen LogP contribution in [0.25, 0.3) is 21.8 Å². The van der Waals surface area contributed by atoms with Crippen LogP contribution in [0.2, 0.25) is 0 Å². The summed E-state index contributed by atoms with van der Waals surface area (Å²) in [7, 11) is 0. The molecule has 2 aliphatic heterocycles. The maximum absolute atomic E-state index is 13.7. The van der Waals surface area contributed by atoms with E-state index in [4.69, 9.17) is 4.74 Å². The second kappa shape index (κ2) is 6.79. The Bertz CT molecular complexity index is 1400. The molecule has 1 N–H and O–H groups in total. The molecule has 6 rings (SSSR count). The molecule has 3 aromatic carbocycles. The number of likely N-dealkylation sites (tertiary alicyclic amines) is 1. The molecule has 4 aromatic rings. The zero-order chi connectivity index (χ0) is 21.0. The van der Waals surface area contributed by atoms with Gasteiger partial charge in [-0.3, -0.25) is 9.59 Å². The van der Waals surface area contributed by atoms with E-state index >= 15 is 0 Å². The van der Waals surface area contributed by atoms with Crippen LogP contribution in [0.3, 0.4) is 0 Å². The molecule has 2 aliphatic rings. The second-order valence-corrected chi connectivity index (χ2v) is 8.50. The van der Waals surface area contributed by atoms with Crippen molar-refractivity contribution < 1.29 is 9.53 Å². The maximum Gasteiger partial charge on any atom is 0.256 e. The van der Waals surface area contributed by atoms with Crippen molar-refractivity contribution in [3.8, 4) is 0 Å². The minimum Gasteiger partial charge on any atom is -0.364 e. The molecule has 5 nitrogen and oxygen atoms in total. The molecule has 1 fully saturated rings. The van der Waals surface area contributed by atoms with E-state index in [1.807, 2.05) is 41.3 Å². The minimum absolute atomic E-state index is 0.0535. The number of hydrogen-bond acceptors (Lipinski definition) is 3. The van der Waals surface area contributed by atoms with Gasteiger partial charge in [0.2, 0.25) is 0 Å². The molecule has 1 atom stereocenters. The standard InChI is InChI=1S/C26H22N2O3/c29-24-18-8-2-4-12-22(18)27-23-19(24)9-5-10-20(23)25(30)28-14-6-13-26(16-28)21-11-3-1-7-17(21)15-31-26/h1-5,7-12H,6,13-16H2,(H,27,29). The van der Waals surface area contributed by atoms with Gasteiger partial charge in [-0.1, -0.05) is 42.5 Å². The Morgan fingerprint density at radius 2 is 1.77 bits per heavy atom. The number of ether oxygens (including phenoxy) is 1. The lowest BCUT2D eigenvalue weighted by atomic mass is 9.85. The van der Waals surface area contributed by atoms with Gasteiger partial charge in [0.1, 0.15) is 5.60 Å². The lowest BCUT2D eigenvalue weighted by Crippen LogP contribution is -2.48. The van der Waals surface area contributed by atoms with Gasteiger partial charge in [-0.15, -0.1) is 0 Å². The highest BCUT2D eigenvalue weighted by molar-refractivity contribution is 6.07. The minimum atomic E-state index is -0.435. The third-order valence-electron chi connectivity index (χ3n) is 6.73. The molecule has 3 heterocycles. The van der Waals surface area contributed by atoms with Gasteiger partial charge >= 0.3 is 0 Å². The van der Waals surface area contributed by atoms with Gasteiger partial charge in [0.25, 0.3) is 5.91 Å². The number of benzene rings is 3. The van der Waals surface area contributed by atoms with Gasteiger partial charge < -0.3 is 14.6 Å². The van der Waals surface area contributed by atoms with E-state index in [9.17, 15) is 9.59 Å². The first-order chi connectivity index (χ1) is 15.2. The molecule has 1 saturated heterocycles. The van der Waals surface area contributed by atoms with Gasteiger partial charge in [0.15, 0.2) is 5.43 Å². The summed E-state index contributed by atoms with van der Waals surface area (Å²) in [4.78, 5) is 31.9. The van der Waals surface area contributed by atoms with Crippen molar-refractivity contribution in [2.75, 3.05) is 13.1 Å². The Morgan fingerprint density at radius 3 is 2.71 bits per heavy atom. The zero-order valence-electron chi connectivity index (χ0n) is 17.1. The number of pyridine rings is 1. The van der Waals surface area contributed by atoms with Crippen molar-refractivity contribution in [1.82, 2.24) is 9.88 Å². The summed E-state index contributed by atoms with van der Waals surface area (Å²) in [5.41, 5.74) is 3.79.